The van der Waals surface area contributed by atoms with Gasteiger partial charge < -0.3 is 4.74 Å². The minimum atomic E-state index is -0.333. The number of benzene rings is 2. The number of nitrogens with zero attached hydrogens (tertiary/aromatic N) is 1. The van der Waals surface area contributed by atoms with Crippen LogP contribution in [0.3, 0.4) is 0 Å². The predicted molar refractivity (Wildman–Crippen MR) is 91.7 cm³/mol. The number of hydrogen-bond acceptors (Lipinski definition) is 2. The zero-order valence-corrected chi connectivity index (χ0v) is 13.8. The first-order chi connectivity index (χ1) is 11.0. The number of nitriles is 1. The summed E-state index contributed by atoms with van der Waals surface area (Å²) in [7, 11) is 0. The second kappa shape index (κ2) is 7.80. The van der Waals surface area contributed by atoms with Crippen LogP contribution in [0.4, 0.5) is 4.39 Å². The molecule has 0 fully saturated rings. The SMILES string of the molecule is CCC(C)Oc1ccc(/C=C(/C#N)c2ccc(F)cc2)cc1Cl. The quantitative estimate of drug-likeness (QED) is 0.519. The smallest absolute Gasteiger partial charge is 0.138 e. The number of halogens is 2. The summed E-state index contributed by atoms with van der Waals surface area (Å²) in [5.74, 6) is 0.291. The third-order valence-electron chi connectivity index (χ3n) is 3.45. The zero-order chi connectivity index (χ0) is 16.8. The standard InChI is InChI=1S/C19H17ClFNO/c1-3-13(2)23-19-9-4-14(11-18(19)20)10-16(12-22)15-5-7-17(21)8-6-15/h4-11,13H,3H2,1-2H3/b16-10-. The molecule has 1 atom stereocenters. The van der Waals surface area contributed by atoms with Gasteiger partial charge in [-0.05, 0) is 54.8 Å². The van der Waals surface area contributed by atoms with Crippen molar-refractivity contribution in [2.24, 2.45) is 0 Å². The summed E-state index contributed by atoms with van der Waals surface area (Å²) in [6.07, 6.45) is 2.69. The summed E-state index contributed by atoms with van der Waals surface area (Å²) in [6, 6.07) is 13.3. The van der Waals surface area contributed by atoms with Crippen molar-refractivity contribution in [3.05, 3.63) is 64.4 Å². The Morgan fingerprint density at radius 2 is 2.00 bits per heavy atom. The second-order valence-corrected chi connectivity index (χ2v) is 5.61. The van der Waals surface area contributed by atoms with E-state index in [1.54, 1.807) is 30.3 Å². The van der Waals surface area contributed by atoms with E-state index >= 15 is 0 Å². The van der Waals surface area contributed by atoms with E-state index in [9.17, 15) is 9.65 Å². The molecule has 0 saturated carbocycles. The fourth-order valence-electron chi connectivity index (χ4n) is 1.98. The summed E-state index contributed by atoms with van der Waals surface area (Å²) in [6.45, 7) is 4.02. The van der Waals surface area contributed by atoms with E-state index < -0.39 is 0 Å². The van der Waals surface area contributed by atoms with Gasteiger partial charge in [-0.25, -0.2) is 4.39 Å². The lowest BCUT2D eigenvalue weighted by molar-refractivity contribution is 0.217. The Bertz CT molecular complexity index is 747. The second-order valence-electron chi connectivity index (χ2n) is 5.20. The van der Waals surface area contributed by atoms with Crippen LogP contribution in [0.5, 0.6) is 5.75 Å². The van der Waals surface area contributed by atoms with Crippen LogP contribution in [-0.4, -0.2) is 6.10 Å². The van der Waals surface area contributed by atoms with Gasteiger partial charge in [-0.3, -0.25) is 0 Å². The molecule has 2 aromatic carbocycles. The van der Waals surface area contributed by atoms with E-state index in [4.69, 9.17) is 16.3 Å². The molecule has 0 amide bonds. The first-order valence-corrected chi connectivity index (χ1v) is 7.75. The largest absolute Gasteiger partial charge is 0.489 e. The number of rotatable bonds is 5. The first-order valence-electron chi connectivity index (χ1n) is 7.37. The third-order valence-corrected chi connectivity index (χ3v) is 3.74. The average Bonchev–Trinajstić information content (AvgIpc) is 2.55. The van der Waals surface area contributed by atoms with Crippen molar-refractivity contribution in [3.63, 3.8) is 0 Å². The van der Waals surface area contributed by atoms with Crippen LogP contribution in [0.25, 0.3) is 11.6 Å². The van der Waals surface area contributed by atoms with Gasteiger partial charge in [0.25, 0.3) is 0 Å². The highest BCUT2D eigenvalue weighted by molar-refractivity contribution is 6.32. The number of allylic oxidation sites excluding steroid dienone is 1. The van der Waals surface area contributed by atoms with Crippen molar-refractivity contribution >= 4 is 23.3 Å². The van der Waals surface area contributed by atoms with Crippen molar-refractivity contribution in [2.45, 2.75) is 26.4 Å². The summed E-state index contributed by atoms with van der Waals surface area (Å²) >= 11 is 6.24. The molecule has 2 nitrogen and oxygen atoms in total. The Hall–Kier alpha value is -2.31. The zero-order valence-electron chi connectivity index (χ0n) is 13.0. The highest BCUT2D eigenvalue weighted by Crippen LogP contribution is 2.28. The molecule has 0 N–H and O–H groups in total. The van der Waals surface area contributed by atoms with Gasteiger partial charge in [0.1, 0.15) is 11.6 Å². The molecule has 0 aliphatic heterocycles. The van der Waals surface area contributed by atoms with Crippen LogP contribution >= 0.6 is 11.6 Å². The minimum absolute atomic E-state index is 0.0859. The molecule has 0 aliphatic rings. The maximum Gasteiger partial charge on any atom is 0.138 e. The van der Waals surface area contributed by atoms with Gasteiger partial charge in [-0.15, -0.1) is 0 Å². The van der Waals surface area contributed by atoms with Crippen molar-refractivity contribution in [2.75, 3.05) is 0 Å². The van der Waals surface area contributed by atoms with Gasteiger partial charge >= 0.3 is 0 Å². The van der Waals surface area contributed by atoms with E-state index in [2.05, 4.69) is 6.07 Å². The lowest BCUT2D eigenvalue weighted by Crippen LogP contribution is -2.09. The topological polar surface area (TPSA) is 33.0 Å². The molecule has 0 spiro atoms. The summed E-state index contributed by atoms with van der Waals surface area (Å²) in [5, 5.41) is 9.81. The van der Waals surface area contributed by atoms with Crippen LogP contribution in [-0.2, 0) is 0 Å². The average molecular weight is 330 g/mol. The molecule has 0 aliphatic carbocycles. The van der Waals surface area contributed by atoms with Crippen molar-refractivity contribution in [1.82, 2.24) is 0 Å². The molecule has 23 heavy (non-hydrogen) atoms. The van der Waals surface area contributed by atoms with Gasteiger partial charge in [-0.2, -0.15) is 5.26 Å². The van der Waals surface area contributed by atoms with Crippen LogP contribution < -0.4 is 4.74 Å². The Labute approximate surface area is 140 Å². The van der Waals surface area contributed by atoms with Gasteiger partial charge in [0.15, 0.2) is 0 Å². The fourth-order valence-corrected chi connectivity index (χ4v) is 2.21. The summed E-state index contributed by atoms with van der Waals surface area (Å²) in [4.78, 5) is 0. The minimum Gasteiger partial charge on any atom is -0.489 e. The molecular formula is C19H17ClFNO. The summed E-state index contributed by atoms with van der Waals surface area (Å²) < 4.78 is 18.7. The van der Waals surface area contributed by atoms with E-state index in [0.717, 1.165) is 12.0 Å². The van der Waals surface area contributed by atoms with Gasteiger partial charge in [-0.1, -0.05) is 36.7 Å². The molecule has 0 saturated heterocycles. The molecule has 4 heteroatoms. The molecular weight excluding hydrogens is 313 g/mol. The normalized spacial score (nSPS) is 12.6. The molecule has 0 heterocycles. The molecule has 0 radical (unpaired) electrons. The van der Waals surface area contributed by atoms with Gasteiger partial charge in [0.2, 0.25) is 0 Å². The van der Waals surface area contributed by atoms with Crippen molar-refractivity contribution < 1.29 is 9.13 Å². The molecule has 0 bridgehead atoms. The fraction of sp³-hybridized carbons (Fsp3) is 0.211. The maximum atomic E-state index is 13.0. The molecule has 2 aromatic rings. The van der Waals surface area contributed by atoms with Crippen LogP contribution in [0.2, 0.25) is 5.02 Å². The highest BCUT2D eigenvalue weighted by atomic mass is 35.5. The lowest BCUT2D eigenvalue weighted by atomic mass is 10.0. The van der Waals surface area contributed by atoms with E-state index in [1.807, 2.05) is 19.9 Å². The summed E-state index contributed by atoms with van der Waals surface area (Å²) in [5.41, 5.74) is 1.88. The Morgan fingerprint density at radius 1 is 1.30 bits per heavy atom. The third kappa shape index (κ3) is 4.58. The van der Waals surface area contributed by atoms with Gasteiger partial charge in [0, 0.05) is 0 Å². The van der Waals surface area contributed by atoms with Crippen molar-refractivity contribution in [1.29, 1.82) is 5.26 Å². The van der Waals surface area contributed by atoms with Gasteiger partial charge in [0.05, 0.1) is 22.8 Å². The lowest BCUT2D eigenvalue weighted by Gasteiger charge is -2.14. The molecule has 2 rings (SSSR count). The van der Waals surface area contributed by atoms with Crippen LogP contribution in [0.15, 0.2) is 42.5 Å². The van der Waals surface area contributed by atoms with Crippen LogP contribution in [0.1, 0.15) is 31.4 Å². The van der Waals surface area contributed by atoms with E-state index in [-0.39, 0.29) is 11.9 Å². The monoisotopic (exact) mass is 329 g/mol. The Kier molecular flexibility index (Phi) is 5.78. The van der Waals surface area contributed by atoms with E-state index in [1.165, 1.54) is 12.1 Å². The number of hydrogen-bond donors (Lipinski definition) is 0. The first kappa shape index (κ1) is 17.1. The highest BCUT2D eigenvalue weighted by Gasteiger charge is 2.07. The molecule has 0 aromatic heterocycles. The van der Waals surface area contributed by atoms with Crippen molar-refractivity contribution in [3.8, 4) is 11.8 Å². The predicted octanol–water partition coefficient (Wildman–Crippen LogP) is 5.72. The van der Waals surface area contributed by atoms with E-state index in [0.29, 0.717) is 21.9 Å². The van der Waals surface area contributed by atoms with Crippen LogP contribution in [0, 0.1) is 17.1 Å². The Morgan fingerprint density at radius 3 is 2.57 bits per heavy atom. The number of ether oxygens (including phenoxy) is 1. The molecule has 118 valence electrons. The Balaban J connectivity index is 2.29. The molecule has 1 unspecified atom stereocenters. The maximum absolute atomic E-state index is 13.0.